The third-order valence-electron chi connectivity index (χ3n) is 6.38. The second-order valence-corrected chi connectivity index (χ2v) is 10.4. The molecule has 3 N–H and O–H groups in total. The molecule has 0 aliphatic carbocycles. The maximum absolute atomic E-state index is 11.8. The maximum atomic E-state index is 11.8. The summed E-state index contributed by atoms with van der Waals surface area (Å²) in [6.45, 7) is 6.26. The van der Waals surface area contributed by atoms with Gasteiger partial charge in [-0.1, -0.05) is 42.1 Å². The summed E-state index contributed by atoms with van der Waals surface area (Å²) in [6, 6.07) is 17.7. The number of aliphatic hydroxyl groups excluding tert-OH is 2. The number of ether oxygens (including phenoxy) is 2. The lowest BCUT2D eigenvalue weighted by Crippen LogP contribution is -2.25. The van der Waals surface area contributed by atoms with Crippen molar-refractivity contribution in [1.82, 2.24) is 5.32 Å². The van der Waals surface area contributed by atoms with Gasteiger partial charge in [0.25, 0.3) is 5.24 Å². The first-order valence-corrected chi connectivity index (χ1v) is 13.0. The number of amides is 2. The Morgan fingerprint density at radius 2 is 1.68 bits per heavy atom. The lowest BCUT2D eigenvalue weighted by Gasteiger charge is -2.18. The van der Waals surface area contributed by atoms with E-state index in [9.17, 15) is 14.7 Å². The Morgan fingerprint density at radius 3 is 2.30 bits per heavy atom. The second-order valence-electron chi connectivity index (χ2n) is 9.19. The standard InChI is InChI=1S/C29H31NO6S/c1-17-11-24(36-16-22(32)14-31)12-18(2)27(17)25-6-4-5-21(19(25)3)15-35-23-9-7-20(8-10-23)13-26-28(33)30-29(34)37-26/h4-12,22,26,31-32H,13-16H2,1-3H3,(H,30,33,34)/t22-,26?/m0/s1. The van der Waals surface area contributed by atoms with Crippen LogP contribution in [0.1, 0.15) is 27.8 Å². The molecule has 0 bridgehead atoms. The molecule has 194 valence electrons. The maximum Gasteiger partial charge on any atom is 0.286 e. The third-order valence-corrected chi connectivity index (χ3v) is 7.36. The van der Waals surface area contributed by atoms with E-state index in [2.05, 4.69) is 24.4 Å². The summed E-state index contributed by atoms with van der Waals surface area (Å²) in [4.78, 5) is 23.2. The average Bonchev–Trinajstić information content (AvgIpc) is 3.19. The van der Waals surface area contributed by atoms with Crippen molar-refractivity contribution in [2.45, 2.75) is 45.2 Å². The van der Waals surface area contributed by atoms with E-state index in [0.717, 1.165) is 56.5 Å². The molecule has 37 heavy (non-hydrogen) atoms. The summed E-state index contributed by atoms with van der Waals surface area (Å²) in [5.41, 5.74) is 7.54. The molecule has 4 rings (SSSR count). The molecule has 1 fully saturated rings. The number of hydrogen-bond donors (Lipinski definition) is 3. The van der Waals surface area contributed by atoms with Crippen LogP contribution in [0, 0.1) is 20.8 Å². The van der Waals surface area contributed by atoms with Crippen LogP contribution in [0.3, 0.4) is 0 Å². The van der Waals surface area contributed by atoms with Crippen molar-refractivity contribution in [2.75, 3.05) is 13.2 Å². The summed E-state index contributed by atoms with van der Waals surface area (Å²) in [5.74, 6) is 1.15. The predicted octanol–water partition coefficient (Wildman–Crippen LogP) is 4.48. The van der Waals surface area contributed by atoms with E-state index in [4.69, 9.17) is 14.6 Å². The predicted molar refractivity (Wildman–Crippen MR) is 144 cm³/mol. The molecule has 1 saturated heterocycles. The molecule has 8 heteroatoms. The monoisotopic (exact) mass is 521 g/mol. The molecule has 0 radical (unpaired) electrons. The second kappa shape index (κ2) is 11.8. The minimum Gasteiger partial charge on any atom is -0.491 e. The molecule has 1 aliphatic rings. The highest BCUT2D eigenvalue weighted by molar-refractivity contribution is 8.15. The Hall–Kier alpha value is -3.33. The largest absolute Gasteiger partial charge is 0.491 e. The Bertz CT molecular complexity index is 1270. The normalized spacial score (nSPS) is 16.0. The molecular weight excluding hydrogens is 490 g/mol. The van der Waals surface area contributed by atoms with Crippen LogP contribution in [-0.2, 0) is 17.8 Å². The zero-order chi connectivity index (χ0) is 26.5. The van der Waals surface area contributed by atoms with Crippen LogP contribution in [-0.4, -0.2) is 45.9 Å². The minimum absolute atomic E-state index is 0.0378. The quantitative estimate of drug-likeness (QED) is 0.361. The smallest absolute Gasteiger partial charge is 0.286 e. The Morgan fingerprint density at radius 1 is 0.973 bits per heavy atom. The van der Waals surface area contributed by atoms with Gasteiger partial charge in [-0.25, -0.2) is 0 Å². The van der Waals surface area contributed by atoms with Crippen molar-refractivity contribution in [3.63, 3.8) is 0 Å². The summed E-state index contributed by atoms with van der Waals surface area (Å²) < 4.78 is 11.7. The van der Waals surface area contributed by atoms with Crippen LogP contribution in [0.4, 0.5) is 4.79 Å². The third kappa shape index (κ3) is 6.52. The van der Waals surface area contributed by atoms with E-state index >= 15 is 0 Å². The average molecular weight is 522 g/mol. The van der Waals surface area contributed by atoms with Crippen LogP contribution in [0.5, 0.6) is 11.5 Å². The van der Waals surface area contributed by atoms with Gasteiger partial charge in [-0.2, -0.15) is 0 Å². The molecule has 0 aromatic heterocycles. The Labute approximate surface area is 220 Å². The van der Waals surface area contributed by atoms with Gasteiger partial charge < -0.3 is 19.7 Å². The van der Waals surface area contributed by atoms with E-state index in [1.807, 2.05) is 56.3 Å². The number of carbonyl (C=O) groups is 2. The fourth-order valence-corrected chi connectivity index (χ4v) is 5.27. The summed E-state index contributed by atoms with van der Waals surface area (Å²) in [6.07, 6.45) is -0.414. The number of aliphatic hydroxyl groups is 2. The Balaban J connectivity index is 1.44. The van der Waals surface area contributed by atoms with Gasteiger partial charge in [0, 0.05) is 0 Å². The molecular formula is C29H31NO6S. The van der Waals surface area contributed by atoms with E-state index in [1.54, 1.807) is 0 Å². The molecule has 2 amide bonds. The molecule has 2 atom stereocenters. The molecule has 3 aromatic rings. The summed E-state index contributed by atoms with van der Waals surface area (Å²) in [5, 5.41) is 20.2. The lowest BCUT2D eigenvalue weighted by molar-refractivity contribution is -0.118. The fourth-order valence-electron chi connectivity index (χ4n) is 4.41. The van der Waals surface area contributed by atoms with E-state index in [1.165, 1.54) is 0 Å². The van der Waals surface area contributed by atoms with Gasteiger partial charge in [-0.05, 0) is 90.4 Å². The molecule has 7 nitrogen and oxygen atoms in total. The van der Waals surface area contributed by atoms with Gasteiger partial charge in [0.2, 0.25) is 5.91 Å². The topological polar surface area (TPSA) is 105 Å². The first-order chi connectivity index (χ1) is 17.7. The molecule has 1 heterocycles. The van der Waals surface area contributed by atoms with Crippen molar-refractivity contribution in [1.29, 1.82) is 0 Å². The highest BCUT2D eigenvalue weighted by Crippen LogP contribution is 2.34. The summed E-state index contributed by atoms with van der Waals surface area (Å²) in [7, 11) is 0. The zero-order valence-corrected chi connectivity index (χ0v) is 21.9. The zero-order valence-electron chi connectivity index (χ0n) is 21.1. The van der Waals surface area contributed by atoms with Crippen molar-refractivity contribution in [3.05, 3.63) is 82.4 Å². The van der Waals surface area contributed by atoms with Crippen LogP contribution in [0.15, 0.2) is 54.6 Å². The Kier molecular flexibility index (Phi) is 8.53. The molecule has 3 aromatic carbocycles. The van der Waals surface area contributed by atoms with Gasteiger partial charge in [0.05, 0.1) is 11.9 Å². The van der Waals surface area contributed by atoms with Gasteiger partial charge >= 0.3 is 0 Å². The van der Waals surface area contributed by atoms with Crippen LogP contribution >= 0.6 is 11.8 Å². The number of aryl methyl sites for hydroxylation is 2. The van der Waals surface area contributed by atoms with Crippen molar-refractivity contribution >= 4 is 22.9 Å². The number of imide groups is 1. The highest BCUT2D eigenvalue weighted by atomic mass is 32.2. The van der Waals surface area contributed by atoms with Crippen LogP contribution < -0.4 is 14.8 Å². The lowest BCUT2D eigenvalue weighted by atomic mass is 9.90. The molecule has 0 spiro atoms. The first-order valence-electron chi connectivity index (χ1n) is 12.1. The van der Waals surface area contributed by atoms with Gasteiger partial charge in [-0.3, -0.25) is 14.9 Å². The number of carbonyl (C=O) groups excluding carboxylic acids is 2. The van der Waals surface area contributed by atoms with E-state index in [0.29, 0.717) is 18.8 Å². The number of nitrogens with one attached hydrogen (secondary N) is 1. The molecule has 1 unspecified atom stereocenters. The van der Waals surface area contributed by atoms with E-state index < -0.39 is 6.10 Å². The van der Waals surface area contributed by atoms with Gasteiger partial charge in [-0.15, -0.1) is 0 Å². The SMILES string of the molecule is Cc1cc(OC[C@@H](O)CO)cc(C)c1-c1cccc(COc2ccc(CC3SC(=O)NC3=O)cc2)c1C. The first kappa shape index (κ1) is 26.7. The number of hydrogen-bond acceptors (Lipinski definition) is 7. The number of thioether (sulfide) groups is 1. The fraction of sp³-hybridized carbons (Fsp3) is 0.310. The molecule has 0 saturated carbocycles. The number of benzene rings is 3. The van der Waals surface area contributed by atoms with Crippen molar-refractivity contribution < 1.29 is 29.3 Å². The minimum atomic E-state index is -0.908. The van der Waals surface area contributed by atoms with Crippen LogP contribution in [0.25, 0.3) is 11.1 Å². The molecule has 1 aliphatic heterocycles. The van der Waals surface area contributed by atoms with Crippen molar-refractivity contribution in [2.24, 2.45) is 0 Å². The van der Waals surface area contributed by atoms with Crippen LogP contribution in [0.2, 0.25) is 0 Å². The number of rotatable bonds is 10. The van der Waals surface area contributed by atoms with E-state index in [-0.39, 0.29) is 29.6 Å². The highest BCUT2D eigenvalue weighted by Gasteiger charge is 2.31. The van der Waals surface area contributed by atoms with Crippen molar-refractivity contribution in [3.8, 4) is 22.6 Å². The van der Waals surface area contributed by atoms with Gasteiger partial charge in [0.1, 0.15) is 30.8 Å². The van der Waals surface area contributed by atoms with Gasteiger partial charge in [0.15, 0.2) is 0 Å². The summed E-state index contributed by atoms with van der Waals surface area (Å²) >= 11 is 1.03.